The summed E-state index contributed by atoms with van der Waals surface area (Å²) >= 11 is 0. The van der Waals surface area contributed by atoms with Crippen LogP contribution < -0.4 is 0 Å². The molecule has 0 radical (unpaired) electrons. The Morgan fingerprint density at radius 2 is 1.54 bits per heavy atom. The lowest BCUT2D eigenvalue weighted by molar-refractivity contribution is -0.126. The number of carbonyl (C=O) groups excluding carboxylic acids is 1. The first-order chi connectivity index (χ1) is 11.6. The molecule has 0 bridgehead atoms. The Kier molecular flexibility index (Phi) is 5.14. The molecule has 0 aromatic heterocycles. The molecule has 0 heterocycles. The van der Waals surface area contributed by atoms with E-state index >= 15 is 0 Å². The van der Waals surface area contributed by atoms with Gasteiger partial charge in [-0.3, -0.25) is 4.79 Å². The fourth-order valence-electron chi connectivity index (χ4n) is 3.54. The Hall–Kier alpha value is -1.94. The molecule has 2 unspecified atom stereocenters. The van der Waals surface area contributed by atoms with E-state index in [1.54, 1.807) is 30.3 Å². The topological polar surface area (TPSA) is 51.2 Å². The van der Waals surface area contributed by atoms with Gasteiger partial charge in [-0.15, -0.1) is 0 Å². The second-order valence-electron chi connectivity index (χ2n) is 6.51. The van der Waals surface area contributed by atoms with E-state index in [1.807, 2.05) is 30.3 Å². The van der Waals surface area contributed by atoms with Crippen LogP contribution in [0.25, 0.3) is 0 Å². The molecule has 0 aliphatic heterocycles. The van der Waals surface area contributed by atoms with E-state index in [0.717, 1.165) is 18.4 Å². The van der Waals surface area contributed by atoms with Gasteiger partial charge in [-0.05, 0) is 42.9 Å². The number of hydrogen-bond donors (Lipinski definition) is 0. The van der Waals surface area contributed by atoms with Gasteiger partial charge in [0.25, 0.3) is 0 Å². The van der Waals surface area contributed by atoms with Crippen molar-refractivity contribution >= 4 is 15.6 Å². The van der Waals surface area contributed by atoms with Crippen LogP contribution in [0.2, 0.25) is 0 Å². The van der Waals surface area contributed by atoms with Gasteiger partial charge in [-0.2, -0.15) is 0 Å². The summed E-state index contributed by atoms with van der Waals surface area (Å²) in [4.78, 5) is 12.8. The Morgan fingerprint density at radius 3 is 2.21 bits per heavy atom. The molecule has 1 fully saturated rings. The molecule has 1 aliphatic carbocycles. The summed E-state index contributed by atoms with van der Waals surface area (Å²) in [6.07, 6.45) is 2.79. The van der Waals surface area contributed by atoms with Crippen molar-refractivity contribution in [3.63, 3.8) is 0 Å². The normalized spacial score (nSPS) is 21.6. The largest absolute Gasteiger partial charge is 0.299 e. The monoisotopic (exact) mass is 342 g/mol. The van der Waals surface area contributed by atoms with Crippen LogP contribution in [0, 0.1) is 11.8 Å². The first-order valence-corrected chi connectivity index (χ1v) is 10.1. The van der Waals surface area contributed by atoms with Crippen LogP contribution in [-0.4, -0.2) is 20.0 Å². The molecule has 4 heteroatoms. The van der Waals surface area contributed by atoms with E-state index in [2.05, 4.69) is 0 Å². The van der Waals surface area contributed by atoms with Crippen LogP contribution in [-0.2, 0) is 21.1 Å². The number of carbonyl (C=O) groups is 1. The summed E-state index contributed by atoms with van der Waals surface area (Å²) in [5, 5.41) is 0. The third-order valence-corrected chi connectivity index (χ3v) is 6.67. The van der Waals surface area contributed by atoms with Crippen LogP contribution in [0.1, 0.15) is 24.8 Å². The van der Waals surface area contributed by atoms with Gasteiger partial charge in [0.05, 0.1) is 10.6 Å². The minimum absolute atomic E-state index is 0.0558. The minimum atomic E-state index is -3.36. The summed E-state index contributed by atoms with van der Waals surface area (Å²) in [6, 6.07) is 18.4. The first-order valence-electron chi connectivity index (χ1n) is 8.41. The van der Waals surface area contributed by atoms with Crippen molar-refractivity contribution in [2.75, 3.05) is 5.75 Å². The maximum atomic E-state index is 12.7. The van der Waals surface area contributed by atoms with E-state index in [0.29, 0.717) is 17.7 Å². The highest BCUT2D eigenvalue weighted by Gasteiger charge is 2.35. The molecule has 0 amide bonds. The SMILES string of the molecule is O=C1CCCC(CS(=O)(=O)c2ccccc2)C1Cc1ccccc1. The van der Waals surface area contributed by atoms with Crippen LogP contribution in [0.5, 0.6) is 0 Å². The number of ketones is 1. The lowest BCUT2D eigenvalue weighted by Gasteiger charge is -2.30. The predicted molar refractivity (Wildman–Crippen MR) is 94.5 cm³/mol. The van der Waals surface area contributed by atoms with Crippen molar-refractivity contribution in [1.82, 2.24) is 0 Å². The van der Waals surface area contributed by atoms with Crippen molar-refractivity contribution < 1.29 is 13.2 Å². The van der Waals surface area contributed by atoms with E-state index < -0.39 is 9.84 Å². The summed E-state index contributed by atoms with van der Waals surface area (Å²) < 4.78 is 25.4. The van der Waals surface area contributed by atoms with Crippen LogP contribution >= 0.6 is 0 Å². The molecule has 2 aromatic carbocycles. The Morgan fingerprint density at radius 1 is 0.917 bits per heavy atom. The standard InChI is InChI=1S/C20H22O3S/c21-20-13-7-10-17(19(20)14-16-8-3-1-4-9-16)15-24(22,23)18-11-5-2-6-12-18/h1-6,8-9,11-12,17,19H,7,10,13-15H2. The van der Waals surface area contributed by atoms with Crippen LogP contribution in [0.15, 0.2) is 65.6 Å². The van der Waals surface area contributed by atoms with Crippen molar-refractivity contribution in [3.8, 4) is 0 Å². The quantitative estimate of drug-likeness (QED) is 0.833. The van der Waals surface area contributed by atoms with E-state index in [4.69, 9.17) is 0 Å². The third kappa shape index (κ3) is 3.93. The van der Waals surface area contributed by atoms with Crippen molar-refractivity contribution in [2.45, 2.75) is 30.6 Å². The highest BCUT2D eigenvalue weighted by atomic mass is 32.2. The zero-order chi connectivity index (χ0) is 17.0. The molecule has 3 rings (SSSR count). The molecule has 24 heavy (non-hydrogen) atoms. The lowest BCUT2D eigenvalue weighted by atomic mass is 9.76. The third-order valence-electron chi connectivity index (χ3n) is 4.81. The van der Waals surface area contributed by atoms with Crippen molar-refractivity contribution in [1.29, 1.82) is 0 Å². The van der Waals surface area contributed by atoms with E-state index in [1.165, 1.54) is 0 Å². The molecular formula is C20H22O3S. The number of hydrogen-bond acceptors (Lipinski definition) is 3. The van der Waals surface area contributed by atoms with Gasteiger partial charge >= 0.3 is 0 Å². The van der Waals surface area contributed by atoms with Gasteiger partial charge in [0.2, 0.25) is 0 Å². The highest BCUT2D eigenvalue weighted by Crippen LogP contribution is 2.32. The number of Topliss-reactive ketones (excluding diaryl/α,β-unsaturated/α-hetero) is 1. The second kappa shape index (κ2) is 7.31. The van der Waals surface area contributed by atoms with Gasteiger partial charge in [0, 0.05) is 12.3 Å². The van der Waals surface area contributed by atoms with Crippen molar-refractivity contribution in [2.24, 2.45) is 11.8 Å². The zero-order valence-electron chi connectivity index (χ0n) is 13.6. The molecule has 3 nitrogen and oxygen atoms in total. The minimum Gasteiger partial charge on any atom is -0.299 e. The molecular weight excluding hydrogens is 320 g/mol. The number of benzene rings is 2. The molecule has 0 N–H and O–H groups in total. The zero-order valence-corrected chi connectivity index (χ0v) is 14.4. The van der Waals surface area contributed by atoms with E-state index in [9.17, 15) is 13.2 Å². The summed E-state index contributed by atoms with van der Waals surface area (Å²) in [5.74, 6) is -0.0325. The molecule has 0 saturated heterocycles. The van der Waals surface area contributed by atoms with Gasteiger partial charge < -0.3 is 0 Å². The lowest BCUT2D eigenvalue weighted by Crippen LogP contribution is -2.34. The maximum absolute atomic E-state index is 12.7. The van der Waals surface area contributed by atoms with E-state index in [-0.39, 0.29) is 23.4 Å². The van der Waals surface area contributed by atoms with Gasteiger partial charge in [-0.1, -0.05) is 48.5 Å². The molecule has 126 valence electrons. The summed E-state index contributed by atoms with van der Waals surface area (Å²) in [7, 11) is -3.36. The second-order valence-corrected chi connectivity index (χ2v) is 8.54. The number of rotatable bonds is 5. The van der Waals surface area contributed by atoms with Crippen LogP contribution in [0.3, 0.4) is 0 Å². The smallest absolute Gasteiger partial charge is 0.178 e. The first kappa shape index (κ1) is 16.9. The van der Waals surface area contributed by atoms with Crippen LogP contribution in [0.4, 0.5) is 0 Å². The Labute approximate surface area is 143 Å². The average molecular weight is 342 g/mol. The maximum Gasteiger partial charge on any atom is 0.178 e. The highest BCUT2D eigenvalue weighted by molar-refractivity contribution is 7.91. The molecule has 2 atom stereocenters. The Balaban J connectivity index is 1.80. The summed E-state index contributed by atoms with van der Waals surface area (Å²) in [5.41, 5.74) is 1.10. The predicted octanol–water partition coefficient (Wildman–Crippen LogP) is 3.69. The molecule has 2 aromatic rings. The number of sulfone groups is 1. The molecule has 0 spiro atoms. The van der Waals surface area contributed by atoms with Crippen molar-refractivity contribution in [3.05, 3.63) is 66.2 Å². The van der Waals surface area contributed by atoms with Gasteiger partial charge in [0.15, 0.2) is 9.84 Å². The molecule has 1 saturated carbocycles. The van der Waals surface area contributed by atoms with Gasteiger partial charge in [0.1, 0.15) is 5.78 Å². The summed E-state index contributed by atoms with van der Waals surface area (Å²) in [6.45, 7) is 0. The Bertz CT molecular complexity index is 782. The fraction of sp³-hybridized carbons (Fsp3) is 0.350. The average Bonchev–Trinajstić information content (AvgIpc) is 2.59. The molecule has 1 aliphatic rings. The van der Waals surface area contributed by atoms with Gasteiger partial charge in [-0.25, -0.2) is 8.42 Å². The fourth-order valence-corrected chi connectivity index (χ4v) is 5.27.